The third-order valence-electron chi connectivity index (χ3n) is 5.62. The molecule has 0 spiro atoms. The molecule has 7 nitrogen and oxygen atoms in total. The van der Waals surface area contributed by atoms with Gasteiger partial charge in [-0.2, -0.15) is 5.26 Å². The minimum atomic E-state index is -0.465. The third kappa shape index (κ3) is 4.04. The molecular formula is C26H21ClN2O5. The van der Waals surface area contributed by atoms with Crippen LogP contribution in [0.15, 0.2) is 66.1 Å². The van der Waals surface area contributed by atoms with E-state index in [-0.39, 0.29) is 12.7 Å². The number of rotatable bonds is 6. The van der Waals surface area contributed by atoms with Crippen LogP contribution in [-0.4, -0.2) is 13.4 Å². The predicted molar refractivity (Wildman–Crippen MR) is 125 cm³/mol. The van der Waals surface area contributed by atoms with Crippen LogP contribution in [0, 0.1) is 11.3 Å². The predicted octanol–water partition coefficient (Wildman–Crippen LogP) is 5.26. The number of fused-ring (bicyclic) bond motifs is 2. The highest BCUT2D eigenvalue weighted by molar-refractivity contribution is 6.30. The van der Waals surface area contributed by atoms with Crippen LogP contribution in [-0.2, 0) is 6.61 Å². The minimum absolute atomic E-state index is 0.0555. The molecule has 8 heteroatoms. The van der Waals surface area contributed by atoms with Gasteiger partial charge < -0.3 is 29.4 Å². The quantitative estimate of drug-likeness (QED) is 0.518. The first-order chi connectivity index (χ1) is 16.6. The van der Waals surface area contributed by atoms with Gasteiger partial charge in [0.1, 0.15) is 24.0 Å². The standard InChI is InChI=1S/C26H21ClN2O5/c1-2-30-22-9-16(5-8-20(22)31-13-15-3-6-17(27)7-4-15)25-18-10-23-24(33-14-32-23)11-21(18)34-26(29)19(25)12-28/h3-11,25H,2,13-14,29H2,1H3/t25-/m0/s1. The van der Waals surface area contributed by atoms with Crippen LogP contribution < -0.4 is 29.4 Å². The normalized spacial score (nSPS) is 15.9. The molecule has 3 aromatic rings. The first-order valence-electron chi connectivity index (χ1n) is 10.7. The molecule has 0 amide bonds. The van der Waals surface area contributed by atoms with Crippen molar-refractivity contribution in [2.45, 2.75) is 19.4 Å². The molecule has 0 fully saturated rings. The van der Waals surface area contributed by atoms with Gasteiger partial charge in [0.25, 0.3) is 0 Å². The van der Waals surface area contributed by atoms with Crippen LogP contribution in [0.25, 0.3) is 0 Å². The maximum Gasteiger partial charge on any atom is 0.231 e. The van der Waals surface area contributed by atoms with Crippen molar-refractivity contribution in [1.29, 1.82) is 5.26 Å². The van der Waals surface area contributed by atoms with E-state index < -0.39 is 5.92 Å². The van der Waals surface area contributed by atoms with Crippen LogP contribution in [0.1, 0.15) is 29.5 Å². The molecule has 0 saturated carbocycles. The summed E-state index contributed by atoms with van der Waals surface area (Å²) in [6, 6.07) is 18.8. The van der Waals surface area contributed by atoms with Crippen molar-refractivity contribution in [3.8, 4) is 34.8 Å². The second kappa shape index (κ2) is 9.08. The maximum absolute atomic E-state index is 9.88. The Labute approximate surface area is 201 Å². The van der Waals surface area contributed by atoms with Gasteiger partial charge in [0.2, 0.25) is 12.7 Å². The van der Waals surface area contributed by atoms with E-state index in [0.717, 1.165) is 16.7 Å². The van der Waals surface area contributed by atoms with Crippen molar-refractivity contribution in [2.24, 2.45) is 5.73 Å². The number of halogens is 1. The minimum Gasteiger partial charge on any atom is -0.490 e. The van der Waals surface area contributed by atoms with Crippen molar-refractivity contribution in [1.82, 2.24) is 0 Å². The molecule has 2 aliphatic heterocycles. The zero-order chi connectivity index (χ0) is 23.7. The Balaban J connectivity index is 1.52. The van der Waals surface area contributed by atoms with Gasteiger partial charge in [0, 0.05) is 16.7 Å². The molecule has 0 aromatic heterocycles. The third-order valence-corrected chi connectivity index (χ3v) is 5.87. The monoisotopic (exact) mass is 476 g/mol. The van der Waals surface area contributed by atoms with Crippen molar-refractivity contribution < 1.29 is 23.7 Å². The van der Waals surface area contributed by atoms with Gasteiger partial charge >= 0.3 is 0 Å². The Hall–Kier alpha value is -4.02. The number of nitrogens with zero attached hydrogens (tertiary/aromatic N) is 1. The summed E-state index contributed by atoms with van der Waals surface area (Å²) < 4.78 is 28.7. The highest BCUT2D eigenvalue weighted by Gasteiger charge is 2.33. The molecule has 2 heterocycles. The van der Waals surface area contributed by atoms with E-state index >= 15 is 0 Å². The van der Waals surface area contributed by atoms with E-state index in [0.29, 0.717) is 52.6 Å². The summed E-state index contributed by atoms with van der Waals surface area (Å²) in [4.78, 5) is 0. The SMILES string of the molecule is CCOc1cc([C@@H]2C(C#N)=C(N)Oc3cc4c(cc32)OCO4)ccc1OCc1ccc(Cl)cc1. The molecule has 2 aliphatic rings. The van der Waals surface area contributed by atoms with Gasteiger partial charge in [0.05, 0.1) is 12.5 Å². The average molecular weight is 477 g/mol. The molecule has 0 saturated heterocycles. The van der Waals surface area contributed by atoms with Gasteiger partial charge in [-0.05, 0) is 48.4 Å². The molecule has 3 aromatic carbocycles. The zero-order valence-corrected chi connectivity index (χ0v) is 19.1. The van der Waals surface area contributed by atoms with E-state index in [2.05, 4.69) is 6.07 Å². The number of hydrogen-bond donors (Lipinski definition) is 1. The van der Waals surface area contributed by atoms with Crippen molar-refractivity contribution >= 4 is 11.6 Å². The van der Waals surface area contributed by atoms with Crippen molar-refractivity contribution in [3.05, 3.63) is 87.8 Å². The van der Waals surface area contributed by atoms with Crippen LogP contribution in [0.5, 0.6) is 28.7 Å². The van der Waals surface area contributed by atoms with Gasteiger partial charge in [-0.15, -0.1) is 0 Å². The Morgan fingerprint density at radius 3 is 2.50 bits per heavy atom. The summed E-state index contributed by atoms with van der Waals surface area (Å²) in [6.07, 6.45) is 0. The summed E-state index contributed by atoms with van der Waals surface area (Å²) in [6.45, 7) is 2.84. The zero-order valence-electron chi connectivity index (χ0n) is 18.3. The molecule has 5 rings (SSSR count). The van der Waals surface area contributed by atoms with E-state index in [1.807, 2.05) is 55.5 Å². The van der Waals surface area contributed by atoms with Gasteiger partial charge in [-0.25, -0.2) is 0 Å². The molecule has 0 aliphatic carbocycles. The van der Waals surface area contributed by atoms with Gasteiger partial charge in [-0.3, -0.25) is 0 Å². The van der Waals surface area contributed by atoms with Crippen LogP contribution in [0.2, 0.25) is 5.02 Å². The van der Waals surface area contributed by atoms with Crippen molar-refractivity contribution in [2.75, 3.05) is 13.4 Å². The number of nitrogens with two attached hydrogens (primary N) is 1. The molecular weight excluding hydrogens is 456 g/mol. The fraction of sp³-hybridized carbons (Fsp3) is 0.192. The van der Waals surface area contributed by atoms with Crippen LogP contribution in [0.3, 0.4) is 0 Å². The van der Waals surface area contributed by atoms with Crippen LogP contribution >= 0.6 is 11.6 Å². The Morgan fingerprint density at radius 2 is 1.76 bits per heavy atom. The summed E-state index contributed by atoms with van der Waals surface area (Å²) in [5.41, 5.74) is 8.98. The fourth-order valence-electron chi connectivity index (χ4n) is 4.02. The molecule has 172 valence electrons. The first kappa shape index (κ1) is 21.8. The summed E-state index contributed by atoms with van der Waals surface area (Å²) in [5.74, 6) is 2.44. The van der Waals surface area contributed by atoms with Crippen molar-refractivity contribution in [3.63, 3.8) is 0 Å². The summed E-state index contributed by atoms with van der Waals surface area (Å²) in [5, 5.41) is 10.5. The lowest BCUT2D eigenvalue weighted by molar-refractivity contribution is 0.174. The highest BCUT2D eigenvalue weighted by atomic mass is 35.5. The molecule has 0 bridgehead atoms. The highest BCUT2D eigenvalue weighted by Crippen LogP contribution is 2.48. The molecule has 1 atom stereocenters. The smallest absolute Gasteiger partial charge is 0.231 e. The van der Waals surface area contributed by atoms with E-state index in [1.54, 1.807) is 6.07 Å². The largest absolute Gasteiger partial charge is 0.490 e. The Bertz CT molecular complexity index is 1310. The topological polar surface area (TPSA) is 96.0 Å². The average Bonchev–Trinajstić information content (AvgIpc) is 3.29. The summed E-state index contributed by atoms with van der Waals surface area (Å²) >= 11 is 5.97. The number of benzene rings is 3. The second-order valence-corrected chi connectivity index (χ2v) is 8.16. The van der Waals surface area contributed by atoms with Crippen LogP contribution in [0.4, 0.5) is 0 Å². The summed E-state index contributed by atoms with van der Waals surface area (Å²) in [7, 11) is 0. The molecule has 0 radical (unpaired) electrons. The lowest BCUT2D eigenvalue weighted by Crippen LogP contribution is -2.21. The van der Waals surface area contributed by atoms with Gasteiger partial charge in [0.15, 0.2) is 23.0 Å². The number of nitriles is 1. The number of allylic oxidation sites excluding steroid dienone is 1. The molecule has 34 heavy (non-hydrogen) atoms. The Kier molecular flexibility index (Phi) is 5.83. The lowest BCUT2D eigenvalue weighted by Gasteiger charge is -2.27. The maximum atomic E-state index is 9.88. The fourth-order valence-corrected chi connectivity index (χ4v) is 4.15. The number of ether oxygens (including phenoxy) is 5. The van der Waals surface area contributed by atoms with Gasteiger partial charge in [-0.1, -0.05) is 29.8 Å². The van der Waals surface area contributed by atoms with E-state index in [1.165, 1.54) is 0 Å². The molecule has 2 N–H and O–H groups in total. The lowest BCUT2D eigenvalue weighted by atomic mass is 9.83. The second-order valence-electron chi connectivity index (χ2n) is 7.72. The number of hydrogen-bond acceptors (Lipinski definition) is 7. The molecule has 0 unspecified atom stereocenters. The van der Waals surface area contributed by atoms with E-state index in [4.69, 9.17) is 41.0 Å². The Morgan fingerprint density at radius 1 is 1.00 bits per heavy atom. The van der Waals surface area contributed by atoms with E-state index in [9.17, 15) is 5.26 Å². The first-order valence-corrected chi connectivity index (χ1v) is 11.1.